The summed E-state index contributed by atoms with van der Waals surface area (Å²) >= 11 is 0. The normalized spacial score (nSPS) is 10.7. The summed E-state index contributed by atoms with van der Waals surface area (Å²) in [6.07, 6.45) is 0. The highest BCUT2D eigenvalue weighted by molar-refractivity contribution is 5.95. The van der Waals surface area contributed by atoms with Crippen LogP contribution >= 0.6 is 0 Å². The smallest absolute Gasteiger partial charge is 0.305 e. The monoisotopic (exact) mass is 288 g/mol. The zero-order chi connectivity index (χ0) is 15.4. The molecular weight excluding hydrogens is 274 g/mol. The van der Waals surface area contributed by atoms with Gasteiger partial charge >= 0.3 is 5.69 Å². The van der Waals surface area contributed by atoms with Crippen molar-refractivity contribution in [3.8, 4) is 0 Å². The highest BCUT2D eigenvalue weighted by atomic mass is 19.1. The lowest BCUT2D eigenvalue weighted by molar-refractivity contribution is -0.387. The van der Waals surface area contributed by atoms with E-state index in [1.54, 1.807) is 13.8 Å². The predicted molar refractivity (Wildman–Crippen MR) is 66.3 cm³/mol. The van der Waals surface area contributed by atoms with Gasteiger partial charge in [-0.25, -0.2) is 4.39 Å². The van der Waals surface area contributed by atoms with Gasteiger partial charge in [0, 0.05) is 18.7 Å². The van der Waals surface area contributed by atoms with Gasteiger partial charge in [-0.3, -0.25) is 14.9 Å². The first-order valence-electron chi connectivity index (χ1n) is 5.85. The molecule has 0 fully saturated rings. The zero-order valence-corrected chi connectivity index (χ0v) is 11.0. The number of rotatable bonds is 5. The van der Waals surface area contributed by atoms with Crippen LogP contribution in [0.1, 0.15) is 24.2 Å². The summed E-state index contributed by atoms with van der Waals surface area (Å²) in [5.41, 5.74) is -1.95. The maximum atomic E-state index is 13.9. The van der Waals surface area contributed by atoms with Crippen molar-refractivity contribution in [1.29, 1.82) is 0 Å². The van der Waals surface area contributed by atoms with E-state index < -0.39 is 39.8 Å². The Morgan fingerprint density at radius 3 is 2.50 bits per heavy atom. The molecule has 0 saturated carbocycles. The van der Waals surface area contributed by atoms with Gasteiger partial charge in [0.2, 0.25) is 5.82 Å². The van der Waals surface area contributed by atoms with Crippen LogP contribution in [0.4, 0.5) is 14.5 Å². The van der Waals surface area contributed by atoms with E-state index in [-0.39, 0.29) is 13.2 Å². The molecule has 0 aliphatic carbocycles. The molecule has 0 saturated heterocycles. The highest BCUT2D eigenvalue weighted by Gasteiger charge is 2.30. The third-order valence-electron chi connectivity index (χ3n) is 2.71. The number of amides is 1. The fourth-order valence-corrected chi connectivity index (χ4v) is 1.72. The van der Waals surface area contributed by atoms with E-state index in [1.165, 1.54) is 0 Å². The molecule has 110 valence electrons. The number of aliphatic hydroxyl groups is 1. The molecule has 0 aliphatic rings. The second-order valence-corrected chi connectivity index (χ2v) is 4.33. The number of nitrogens with zero attached hydrogens (tertiary/aromatic N) is 2. The number of carbonyl (C=O) groups is 1. The minimum absolute atomic E-state index is 0.127. The largest absolute Gasteiger partial charge is 0.395 e. The Kier molecular flexibility index (Phi) is 5.09. The summed E-state index contributed by atoms with van der Waals surface area (Å²) in [5, 5.41) is 19.5. The molecule has 0 spiro atoms. The van der Waals surface area contributed by atoms with Gasteiger partial charge in [-0.2, -0.15) is 4.39 Å². The molecule has 0 aliphatic heterocycles. The maximum Gasteiger partial charge on any atom is 0.305 e. The fourth-order valence-electron chi connectivity index (χ4n) is 1.72. The van der Waals surface area contributed by atoms with Gasteiger partial charge in [0.15, 0.2) is 0 Å². The van der Waals surface area contributed by atoms with Gasteiger partial charge in [0.05, 0.1) is 11.5 Å². The molecule has 0 atom stereocenters. The minimum atomic E-state index is -1.51. The summed E-state index contributed by atoms with van der Waals surface area (Å²) in [7, 11) is 0. The molecule has 8 heteroatoms. The number of aliphatic hydroxyl groups excluding tert-OH is 1. The van der Waals surface area contributed by atoms with E-state index in [2.05, 4.69) is 0 Å². The van der Waals surface area contributed by atoms with Gasteiger partial charge in [-0.05, 0) is 19.9 Å². The van der Waals surface area contributed by atoms with Crippen LogP contribution in [-0.2, 0) is 0 Å². The van der Waals surface area contributed by atoms with Crippen molar-refractivity contribution in [2.24, 2.45) is 0 Å². The standard InChI is InChI=1S/C12H14F2N2O4/c1-7(2)15(5-6-17)12(18)10-8(13)3-4-9(11(10)14)16(19)20/h3-4,7,17H,5-6H2,1-2H3. The summed E-state index contributed by atoms with van der Waals surface area (Å²) in [5.74, 6) is -3.72. The van der Waals surface area contributed by atoms with Crippen LogP contribution in [0.5, 0.6) is 0 Å². The van der Waals surface area contributed by atoms with Crippen molar-refractivity contribution < 1.29 is 23.6 Å². The maximum absolute atomic E-state index is 13.9. The molecule has 0 heterocycles. The number of nitro groups is 1. The van der Waals surface area contributed by atoms with Crippen molar-refractivity contribution in [2.45, 2.75) is 19.9 Å². The van der Waals surface area contributed by atoms with E-state index in [1.807, 2.05) is 0 Å². The molecule has 0 bridgehead atoms. The topological polar surface area (TPSA) is 83.7 Å². The van der Waals surface area contributed by atoms with Crippen molar-refractivity contribution in [3.63, 3.8) is 0 Å². The van der Waals surface area contributed by atoms with E-state index >= 15 is 0 Å². The summed E-state index contributed by atoms with van der Waals surface area (Å²) in [6.45, 7) is 2.68. The fraction of sp³-hybridized carbons (Fsp3) is 0.417. The first kappa shape index (κ1) is 16.0. The number of hydrogen-bond acceptors (Lipinski definition) is 4. The molecule has 1 aromatic rings. The van der Waals surface area contributed by atoms with Gasteiger partial charge in [-0.1, -0.05) is 0 Å². The molecule has 1 aromatic carbocycles. The number of hydrogen-bond donors (Lipinski definition) is 1. The SMILES string of the molecule is CC(C)N(CCO)C(=O)c1c(F)ccc([N+](=O)[O-])c1F. The van der Waals surface area contributed by atoms with Crippen molar-refractivity contribution in [3.05, 3.63) is 39.4 Å². The van der Waals surface area contributed by atoms with Crippen LogP contribution < -0.4 is 0 Å². The Bertz CT molecular complexity index is 534. The zero-order valence-electron chi connectivity index (χ0n) is 11.0. The first-order chi connectivity index (χ1) is 9.31. The Morgan fingerprint density at radius 1 is 1.45 bits per heavy atom. The molecule has 20 heavy (non-hydrogen) atoms. The van der Waals surface area contributed by atoms with Crippen LogP contribution in [-0.4, -0.2) is 40.0 Å². The Balaban J connectivity index is 3.34. The Labute approximate surface area is 113 Å². The van der Waals surface area contributed by atoms with Crippen LogP contribution in [0.2, 0.25) is 0 Å². The second kappa shape index (κ2) is 6.38. The molecule has 6 nitrogen and oxygen atoms in total. The van der Waals surface area contributed by atoms with E-state index in [4.69, 9.17) is 5.11 Å². The third kappa shape index (κ3) is 3.08. The molecule has 1 rings (SSSR count). The van der Waals surface area contributed by atoms with Gasteiger partial charge < -0.3 is 10.0 Å². The van der Waals surface area contributed by atoms with Gasteiger partial charge in [0.25, 0.3) is 5.91 Å². The van der Waals surface area contributed by atoms with Crippen LogP contribution in [0.15, 0.2) is 12.1 Å². The average molecular weight is 288 g/mol. The van der Waals surface area contributed by atoms with E-state index in [9.17, 15) is 23.7 Å². The van der Waals surface area contributed by atoms with Gasteiger partial charge in [0.1, 0.15) is 11.4 Å². The third-order valence-corrected chi connectivity index (χ3v) is 2.71. The van der Waals surface area contributed by atoms with Gasteiger partial charge in [-0.15, -0.1) is 0 Å². The lowest BCUT2D eigenvalue weighted by Gasteiger charge is -2.26. The first-order valence-corrected chi connectivity index (χ1v) is 5.85. The molecule has 0 radical (unpaired) electrons. The average Bonchev–Trinajstić information content (AvgIpc) is 2.34. The highest BCUT2D eigenvalue weighted by Crippen LogP contribution is 2.24. The van der Waals surface area contributed by atoms with Crippen molar-refractivity contribution >= 4 is 11.6 Å². The minimum Gasteiger partial charge on any atom is -0.395 e. The molecular formula is C12H14F2N2O4. The predicted octanol–water partition coefficient (Wildman–Crippen LogP) is 1.72. The van der Waals surface area contributed by atoms with Crippen LogP contribution in [0, 0.1) is 21.7 Å². The van der Waals surface area contributed by atoms with Crippen molar-refractivity contribution in [1.82, 2.24) is 4.90 Å². The van der Waals surface area contributed by atoms with Crippen molar-refractivity contribution in [2.75, 3.05) is 13.2 Å². The number of benzene rings is 1. The lowest BCUT2D eigenvalue weighted by Crippen LogP contribution is -2.40. The van der Waals surface area contributed by atoms with Crippen LogP contribution in [0.3, 0.4) is 0 Å². The summed E-state index contributed by atoms with van der Waals surface area (Å²) < 4.78 is 27.5. The van der Waals surface area contributed by atoms with E-state index in [0.29, 0.717) is 12.1 Å². The second-order valence-electron chi connectivity index (χ2n) is 4.33. The quantitative estimate of drug-likeness (QED) is 0.660. The molecule has 0 aromatic heterocycles. The molecule has 1 N–H and O–H groups in total. The molecule has 1 amide bonds. The number of halogens is 2. The molecule has 0 unspecified atom stereocenters. The Hall–Kier alpha value is -2.09. The summed E-state index contributed by atoms with van der Waals surface area (Å²) in [6, 6.07) is 0.909. The summed E-state index contributed by atoms with van der Waals surface area (Å²) in [4.78, 5) is 22.7. The number of nitro benzene ring substituents is 1. The van der Waals surface area contributed by atoms with Crippen LogP contribution in [0.25, 0.3) is 0 Å². The lowest BCUT2D eigenvalue weighted by atomic mass is 10.1. The number of carbonyl (C=O) groups excluding carboxylic acids is 1. The Morgan fingerprint density at radius 2 is 2.05 bits per heavy atom. The van der Waals surface area contributed by atoms with E-state index in [0.717, 1.165) is 4.90 Å².